The molecule has 0 aliphatic heterocycles. The molecular weight excluding hydrogens is 437 g/mol. The van der Waals surface area contributed by atoms with Gasteiger partial charge in [0.25, 0.3) is 5.91 Å². The molecular formula is C19H23Cl2N3O4S. The molecule has 1 aromatic heterocycles. The maximum absolute atomic E-state index is 12.9. The molecule has 2 aromatic rings. The number of ether oxygens (including phenoxy) is 1. The number of pyridine rings is 1. The first-order valence-electron chi connectivity index (χ1n) is 9.04. The van der Waals surface area contributed by atoms with Crippen molar-refractivity contribution in [1.29, 1.82) is 0 Å². The Kier molecular flexibility index (Phi) is 7.87. The first-order chi connectivity index (χ1) is 13.6. The van der Waals surface area contributed by atoms with Gasteiger partial charge < -0.3 is 10.1 Å². The lowest BCUT2D eigenvalue weighted by molar-refractivity contribution is 0.102. The van der Waals surface area contributed by atoms with E-state index in [1.54, 1.807) is 13.8 Å². The Hall–Kier alpha value is -1.87. The number of hydrogen-bond donors (Lipinski definition) is 1. The maximum Gasteiger partial charge on any atom is 0.275 e. The van der Waals surface area contributed by atoms with E-state index in [1.165, 1.54) is 34.6 Å². The number of sulfonamides is 1. The van der Waals surface area contributed by atoms with Crippen LogP contribution in [0.2, 0.25) is 10.2 Å². The molecule has 1 amide bonds. The Morgan fingerprint density at radius 3 is 2.41 bits per heavy atom. The number of halogens is 2. The third-order valence-corrected chi connectivity index (χ3v) is 6.49. The molecule has 2 rings (SSSR count). The molecule has 0 spiro atoms. The Labute approximate surface area is 181 Å². The minimum Gasteiger partial charge on any atom is -0.489 e. The van der Waals surface area contributed by atoms with Crippen LogP contribution in [0, 0.1) is 0 Å². The summed E-state index contributed by atoms with van der Waals surface area (Å²) in [6, 6.07) is 7.25. The van der Waals surface area contributed by atoms with Gasteiger partial charge in [-0.05, 0) is 44.2 Å². The monoisotopic (exact) mass is 459 g/mol. The van der Waals surface area contributed by atoms with Crippen molar-refractivity contribution in [2.24, 2.45) is 0 Å². The van der Waals surface area contributed by atoms with Crippen LogP contribution in [0.25, 0.3) is 0 Å². The summed E-state index contributed by atoms with van der Waals surface area (Å²) in [6.45, 7) is 7.81. The number of carbonyl (C=O) groups excluding carboxylic acids is 1. The van der Waals surface area contributed by atoms with Crippen LogP contribution in [-0.4, -0.2) is 42.8 Å². The van der Waals surface area contributed by atoms with Gasteiger partial charge in [0.15, 0.2) is 0 Å². The van der Waals surface area contributed by atoms with Crippen molar-refractivity contribution in [3.05, 3.63) is 46.2 Å². The number of nitrogens with zero attached hydrogens (tertiary/aromatic N) is 2. The second-order valence-corrected chi connectivity index (χ2v) is 9.06. The van der Waals surface area contributed by atoms with E-state index in [-0.39, 0.29) is 32.6 Å². The van der Waals surface area contributed by atoms with E-state index < -0.39 is 15.9 Å². The van der Waals surface area contributed by atoms with Crippen molar-refractivity contribution in [1.82, 2.24) is 9.29 Å². The van der Waals surface area contributed by atoms with Gasteiger partial charge in [-0.3, -0.25) is 4.79 Å². The van der Waals surface area contributed by atoms with Gasteiger partial charge in [-0.1, -0.05) is 37.0 Å². The molecule has 0 bridgehead atoms. The van der Waals surface area contributed by atoms with E-state index in [9.17, 15) is 13.2 Å². The highest BCUT2D eigenvalue weighted by Gasteiger charge is 2.24. The molecule has 1 aromatic carbocycles. The normalized spacial score (nSPS) is 11.7. The standard InChI is InChI=1S/C19H23Cl2N3O4S/c1-5-24(6-2)29(26,27)13-7-9-16(28-12(3)4)15(11-13)22-19(25)18-14(20)8-10-17(21)23-18/h7-12H,5-6H2,1-4H3,(H,22,25). The molecule has 29 heavy (non-hydrogen) atoms. The summed E-state index contributed by atoms with van der Waals surface area (Å²) in [4.78, 5) is 16.7. The van der Waals surface area contributed by atoms with E-state index in [0.29, 0.717) is 18.8 Å². The molecule has 0 atom stereocenters. The van der Waals surface area contributed by atoms with Crippen LogP contribution >= 0.6 is 23.2 Å². The maximum atomic E-state index is 12.9. The van der Waals surface area contributed by atoms with E-state index in [4.69, 9.17) is 27.9 Å². The summed E-state index contributed by atoms with van der Waals surface area (Å²) < 4.78 is 32.8. The minimum atomic E-state index is -3.72. The molecule has 10 heteroatoms. The molecule has 0 radical (unpaired) electrons. The van der Waals surface area contributed by atoms with E-state index in [0.717, 1.165) is 0 Å². The molecule has 0 saturated carbocycles. The Morgan fingerprint density at radius 1 is 1.17 bits per heavy atom. The predicted molar refractivity (Wildman–Crippen MR) is 115 cm³/mol. The van der Waals surface area contributed by atoms with Crippen molar-refractivity contribution in [3.63, 3.8) is 0 Å². The summed E-state index contributed by atoms with van der Waals surface area (Å²) >= 11 is 11.9. The van der Waals surface area contributed by atoms with Crippen molar-refractivity contribution in [2.45, 2.75) is 38.7 Å². The summed E-state index contributed by atoms with van der Waals surface area (Å²) in [6.07, 6.45) is -0.191. The molecule has 7 nitrogen and oxygen atoms in total. The predicted octanol–water partition coefficient (Wildman–Crippen LogP) is 4.46. The summed E-state index contributed by atoms with van der Waals surface area (Å²) in [5, 5.41) is 2.86. The third-order valence-electron chi connectivity index (χ3n) is 3.93. The number of amides is 1. The molecule has 0 aliphatic carbocycles. The summed E-state index contributed by atoms with van der Waals surface area (Å²) in [7, 11) is -3.72. The zero-order valence-corrected chi connectivity index (χ0v) is 18.9. The van der Waals surface area contributed by atoms with Crippen LogP contribution in [0.1, 0.15) is 38.2 Å². The van der Waals surface area contributed by atoms with Gasteiger partial charge in [-0.2, -0.15) is 4.31 Å². The molecule has 1 heterocycles. The van der Waals surface area contributed by atoms with Gasteiger partial charge in [0.2, 0.25) is 10.0 Å². The second kappa shape index (κ2) is 9.75. The fraction of sp³-hybridized carbons (Fsp3) is 0.368. The fourth-order valence-corrected chi connectivity index (χ4v) is 4.42. The van der Waals surface area contributed by atoms with Gasteiger partial charge in [0.1, 0.15) is 16.6 Å². The van der Waals surface area contributed by atoms with Gasteiger partial charge >= 0.3 is 0 Å². The van der Waals surface area contributed by atoms with Gasteiger partial charge in [0.05, 0.1) is 21.7 Å². The number of rotatable bonds is 8. The highest BCUT2D eigenvalue weighted by Crippen LogP contribution is 2.31. The van der Waals surface area contributed by atoms with Crippen LogP contribution < -0.4 is 10.1 Å². The van der Waals surface area contributed by atoms with Gasteiger partial charge in [0, 0.05) is 13.1 Å². The largest absolute Gasteiger partial charge is 0.489 e. The van der Waals surface area contributed by atoms with Crippen LogP contribution in [-0.2, 0) is 10.0 Å². The smallest absolute Gasteiger partial charge is 0.275 e. The third kappa shape index (κ3) is 5.60. The first-order valence-corrected chi connectivity index (χ1v) is 11.2. The fourth-order valence-electron chi connectivity index (χ4n) is 2.60. The van der Waals surface area contributed by atoms with Crippen molar-refractivity contribution in [3.8, 4) is 5.75 Å². The number of carbonyl (C=O) groups is 1. The quantitative estimate of drug-likeness (QED) is 0.588. The van der Waals surface area contributed by atoms with Crippen LogP contribution in [0.15, 0.2) is 35.2 Å². The number of aromatic nitrogens is 1. The van der Waals surface area contributed by atoms with Crippen molar-refractivity contribution >= 4 is 44.8 Å². The summed E-state index contributed by atoms with van der Waals surface area (Å²) in [5.41, 5.74) is 0.112. The molecule has 0 fully saturated rings. The topological polar surface area (TPSA) is 88.6 Å². The highest BCUT2D eigenvalue weighted by atomic mass is 35.5. The lowest BCUT2D eigenvalue weighted by Gasteiger charge is -2.20. The van der Waals surface area contributed by atoms with Crippen LogP contribution in [0.5, 0.6) is 5.75 Å². The second-order valence-electron chi connectivity index (χ2n) is 6.33. The SMILES string of the molecule is CCN(CC)S(=O)(=O)c1ccc(OC(C)C)c(NC(=O)c2nc(Cl)ccc2Cl)c1. The lowest BCUT2D eigenvalue weighted by atomic mass is 10.2. The molecule has 0 saturated heterocycles. The number of benzene rings is 1. The van der Waals surface area contributed by atoms with E-state index >= 15 is 0 Å². The number of hydrogen-bond acceptors (Lipinski definition) is 5. The lowest BCUT2D eigenvalue weighted by Crippen LogP contribution is -2.30. The van der Waals surface area contributed by atoms with E-state index in [1.807, 2.05) is 13.8 Å². The highest BCUT2D eigenvalue weighted by molar-refractivity contribution is 7.89. The molecule has 158 valence electrons. The van der Waals surface area contributed by atoms with Gasteiger partial charge in [-0.25, -0.2) is 13.4 Å². The molecule has 0 unspecified atom stereocenters. The minimum absolute atomic E-state index is 0.0396. The molecule has 0 aliphatic rings. The average Bonchev–Trinajstić information content (AvgIpc) is 2.65. The Morgan fingerprint density at radius 2 is 1.83 bits per heavy atom. The van der Waals surface area contributed by atoms with Crippen LogP contribution in [0.4, 0.5) is 5.69 Å². The molecule has 1 N–H and O–H groups in total. The number of anilines is 1. The van der Waals surface area contributed by atoms with E-state index in [2.05, 4.69) is 10.3 Å². The summed E-state index contributed by atoms with van der Waals surface area (Å²) in [5.74, 6) is -0.312. The van der Waals surface area contributed by atoms with Crippen LogP contribution in [0.3, 0.4) is 0 Å². The zero-order chi connectivity index (χ0) is 21.8. The average molecular weight is 460 g/mol. The number of nitrogens with one attached hydrogen (secondary N) is 1. The Balaban J connectivity index is 2.49. The van der Waals surface area contributed by atoms with Crippen molar-refractivity contribution in [2.75, 3.05) is 18.4 Å². The van der Waals surface area contributed by atoms with Crippen molar-refractivity contribution < 1.29 is 17.9 Å². The van der Waals surface area contributed by atoms with Gasteiger partial charge in [-0.15, -0.1) is 0 Å². The first kappa shape index (κ1) is 23.4. The zero-order valence-electron chi connectivity index (χ0n) is 16.6. The Bertz CT molecular complexity index is 993.